The van der Waals surface area contributed by atoms with E-state index in [-0.39, 0.29) is 23.9 Å². The third-order valence-corrected chi connectivity index (χ3v) is 2.40. The second-order valence-corrected chi connectivity index (χ2v) is 3.89. The van der Waals surface area contributed by atoms with Crippen molar-refractivity contribution in [3.8, 4) is 0 Å². The summed E-state index contributed by atoms with van der Waals surface area (Å²) in [6.07, 6.45) is -4.41. The van der Waals surface area contributed by atoms with Crippen LogP contribution in [0.2, 0.25) is 0 Å². The zero-order valence-electron chi connectivity index (χ0n) is 9.93. The number of halogens is 3. The van der Waals surface area contributed by atoms with Crippen LogP contribution in [-0.4, -0.2) is 29.5 Å². The first-order chi connectivity index (χ1) is 8.90. The number of alkyl halides is 3. The molecule has 0 radical (unpaired) electrons. The van der Waals surface area contributed by atoms with Crippen LogP contribution in [-0.2, 0) is 11.0 Å². The Labute approximate surface area is 106 Å². The van der Waals surface area contributed by atoms with Crippen LogP contribution >= 0.6 is 0 Å². The van der Waals surface area contributed by atoms with Gasteiger partial charge >= 0.3 is 6.18 Å². The Hall–Kier alpha value is -2.09. The third-order valence-electron chi connectivity index (χ3n) is 2.40. The minimum Gasteiger partial charge on any atom is -0.324 e. The highest BCUT2D eigenvalue weighted by molar-refractivity contribution is 5.92. The van der Waals surface area contributed by atoms with E-state index >= 15 is 0 Å². The van der Waals surface area contributed by atoms with Crippen LogP contribution in [0.25, 0.3) is 11.0 Å². The first-order valence-electron chi connectivity index (χ1n) is 5.41. The number of aromatic amines is 1. The molecule has 8 heteroatoms. The van der Waals surface area contributed by atoms with E-state index in [1.165, 1.54) is 6.07 Å². The van der Waals surface area contributed by atoms with E-state index in [9.17, 15) is 18.0 Å². The molecule has 0 spiro atoms. The number of anilines is 1. The van der Waals surface area contributed by atoms with Gasteiger partial charge in [0, 0.05) is 0 Å². The van der Waals surface area contributed by atoms with Gasteiger partial charge in [-0.15, -0.1) is 0 Å². The molecule has 0 saturated heterocycles. The van der Waals surface area contributed by atoms with Gasteiger partial charge in [-0.05, 0) is 25.2 Å². The van der Waals surface area contributed by atoms with E-state index in [1.807, 2.05) is 0 Å². The van der Waals surface area contributed by atoms with Crippen molar-refractivity contribution < 1.29 is 18.0 Å². The smallest absolute Gasteiger partial charge is 0.324 e. The molecule has 3 N–H and O–H groups in total. The van der Waals surface area contributed by atoms with Crippen molar-refractivity contribution in [1.29, 1.82) is 0 Å². The number of amides is 1. The normalized spacial score (nSPS) is 11.8. The van der Waals surface area contributed by atoms with E-state index in [0.29, 0.717) is 5.52 Å². The average Bonchev–Trinajstić information content (AvgIpc) is 2.68. The Kier molecular flexibility index (Phi) is 3.43. The molecule has 1 aromatic heterocycles. The summed E-state index contributed by atoms with van der Waals surface area (Å²) in [6.45, 7) is 0.0881. The standard InChI is InChI=1S/C11H11F3N4O/c1-15-5-9(19)18-10-16-7-3-2-6(11(12,13)14)4-8(7)17-10/h2-4,15H,5H2,1H3,(H2,16,17,18,19). The van der Waals surface area contributed by atoms with Crippen molar-refractivity contribution in [2.75, 3.05) is 18.9 Å². The summed E-state index contributed by atoms with van der Waals surface area (Å²) < 4.78 is 37.6. The number of fused-ring (bicyclic) bond motifs is 1. The lowest BCUT2D eigenvalue weighted by Crippen LogP contribution is -2.25. The molecule has 1 aromatic carbocycles. The van der Waals surface area contributed by atoms with Gasteiger partial charge in [0.1, 0.15) is 0 Å². The van der Waals surface area contributed by atoms with E-state index in [2.05, 4.69) is 20.6 Å². The molecule has 0 aliphatic rings. The average molecular weight is 272 g/mol. The maximum absolute atomic E-state index is 12.5. The second-order valence-electron chi connectivity index (χ2n) is 3.89. The highest BCUT2D eigenvalue weighted by atomic mass is 19.4. The summed E-state index contributed by atoms with van der Waals surface area (Å²) in [5.74, 6) is -0.216. The van der Waals surface area contributed by atoms with Crippen LogP contribution in [0, 0.1) is 0 Å². The summed E-state index contributed by atoms with van der Waals surface area (Å²) in [5, 5.41) is 5.09. The van der Waals surface area contributed by atoms with Gasteiger partial charge in [-0.1, -0.05) is 0 Å². The number of nitrogens with one attached hydrogen (secondary N) is 3. The fourth-order valence-corrected chi connectivity index (χ4v) is 1.58. The summed E-state index contributed by atoms with van der Waals surface area (Å²) >= 11 is 0. The number of aromatic nitrogens is 2. The van der Waals surface area contributed by atoms with Crippen molar-refractivity contribution in [2.24, 2.45) is 0 Å². The maximum atomic E-state index is 12.5. The second kappa shape index (κ2) is 4.88. The number of carbonyl (C=O) groups excluding carboxylic acids is 1. The fraction of sp³-hybridized carbons (Fsp3) is 0.273. The molecule has 1 amide bonds. The third kappa shape index (κ3) is 3.02. The number of imidazole rings is 1. The Balaban J connectivity index is 2.28. The molecule has 2 aromatic rings. The van der Waals surface area contributed by atoms with E-state index in [1.54, 1.807) is 7.05 Å². The number of nitrogens with zero attached hydrogens (tertiary/aromatic N) is 1. The van der Waals surface area contributed by atoms with Crippen LogP contribution in [0.3, 0.4) is 0 Å². The van der Waals surface area contributed by atoms with Crippen molar-refractivity contribution in [2.45, 2.75) is 6.18 Å². The number of hydrogen-bond acceptors (Lipinski definition) is 3. The molecular formula is C11H11F3N4O. The quantitative estimate of drug-likeness (QED) is 0.797. The molecule has 0 aliphatic carbocycles. The molecule has 0 atom stereocenters. The van der Waals surface area contributed by atoms with Crippen molar-refractivity contribution in [1.82, 2.24) is 15.3 Å². The monoisotopic (exact) mass is 272 g/mol. The molecule has 0 unspecified atom stereocenters. The molecule has 102 valence electrons. The lowest BCUT2D eigenvalue weighted by Gasteiger charge is -2.05. The van der Waals surface area contributed by atoms with Gasteiger partial charge < -0.3 is 10.3 Å². The molecule has 19 heavy (non-hydrogen) atoms. The number of H-pyrrole nitrogens is 1. The van der Waals surface area contributed by atoms with Crippen molar-refractivity contribution in [3.05, 3.63) is 23.8 Å². The molecule has 2 rings (SSSR count). The van der Waals surface area contributed by atoms with E-state index < -0.39 is 11.7 Å². The topological polar surface area (TPSA) is 69.8 Å². The first-order valence-corrected chi connectivity index (χ1v) is 5.41. The highest BCUT2D eigenvalue weighted by Crippen LogP contribution is 2.31. The minimum atomic E-state index is -4.41. The van der Waals surface area contributed by atoms with Gasteiger partial charge in [-0.25, -0.2) is 4.98 Å². The fourth-order valence-electron chi connectivity index (χ4n) is 1.58. The Morgan fingerprint density at radius 2 is 2.16 bits per heavy atom. The summed E-state index contributed by atoms with van der Waals surface area (Å²) in [6, 6.07) is 3.15. The van der Waals surface area contributed by atoms with E-state index in [4.69, 9.17) is 0 Å². The lowest BCUT2D eigenvalue weighted by molar-refractivity contribution is -0.137. The lowest BCUT2D eigenvalue weighted by atomic mass is 10.2. The number of carbonyl (C=O) groups is 1. The zero-order valence-corrected chi connectivity index (χ0v) is 9.93. The highest BCUT2D eigenvalue weighted by Gasteiger charge is 2.30. The van der Waals surface area contributed by atoms with Gasteiger partial charge in [-0.2, -0.15) is 13.2 Å². The van der Waals surface area contributed by atoms with Gasteiger partial charge in [0.05, 0.1) is 23.1 Å². The zero-order chi connectivity index (χ0) is 14.0. The summed E-state index contributed by atoms with van der Waals surface area (Å²) in [4.78, 5) is 17.9. The van der Waals surface area contributed by atoms with Crippen molar-refractivity contribution in [3.63, 3.8) is 0 Å². The van der Waals surface area contributed by atoms with Crippen LogP contribution in [0.1, 0.15) is 5.56 Å². The van der Waals surface area contributed by atoms with E-state index in [0.717, 1.165) is 12.1 Å². The van der Waals surface area contributed by atoms with Gasteiger partial charge in [0.2, 0.25) is 11.9 Å². The molecule has 0 bridgehead atoms. The molecule has 0 saturated carbocycles. The van der Waals surface area contributed by atoms with Crippen molar-refractivity contribution >= 4 is 22.9 Å². The van der Waals surface area contributed by atoms with Gasteiger partial charge in [-0.3, -0.25) is 10.1 Å². The van der Waals surface area contributed by atoms with Crippen LogP contribution in [0.4, 0.5) is 19.1 Å². The van der Waals surface area contributed by atoms with Gasteiger partial charge in [0.15, 0.2) is 0 Å². The Morgan fingerprint density at radius 1 is 1.42 bits per heavy atom. The number of hydrogen-bond donors (Lipinski definition) is 3. The molecular weight excluding hydrogens is 261 g/mol. The molecule has 1 heterocycles. The molecule has 5 nitrogen and oxygen atoms in total. The first kappa shape index (κ1) is 13.3. The number of rotatable bonds is 3. The molecule has 0 fully saturated rings. The number of benzene rings is 1. The van der Waals surface area contributed by atoms with Crippen LogP contribution in [0.5, 0.6) is 0 Å². The molecule has 0 aliphatic heterocycles. The Bertz CT molecular complexity index is 605. The maximum Gasteiger partial charge on any atom is 0.416 e. The SMILES string of the molecule is CNCC(=O)Nc1nc2ccc(C(F)(F)F)cc2[nH]1. The summed E-state index contributed by atoms with van der Waals surface area (Å²) in [5.41, 5.74) is -0.195. The summed E-state index contributed by atoms with van der Waals surface area (Å²) in [7, 11) is 1.60. The largest absolute Gasteiger partial charge is 0.416 e. The minimum absolute atomic E-state index is 0.0881. The Morgan fingerprint density at radius 3 is 2.79 bits per heavy atom. The van der Waals surface area contributed by atoms with Crippen LogP contribution < -0.4 is 10.6 Å². The predicted octanol–water partition coefficient (Wildman–Crippen LogP) is 1.74. The predicted molar refractivity (Wildman–Crippen MR) is 63.7 cm³/mol. The number of likely N-dealkylation sites (N-methyl/N-ethyl adjacent to an activating group) is 1. The van der Waals surface area contributed by atoms with Gasteiger partial charge in [0.25, 0.3) is 0 Å². The van der Waals surface area contributed by atoms with Crippen LogP contribution in [0.15, 0.2) is 18.2 Å².